The van der Waals surface area contributed by atoms with E-state index in [-0.39, 0.29) is 0 Å². The Hall–Kier alpha value is -0.960. The number of aryl methyl sites for hydroxylation is 1. The highest BCUT2D eigenvalue weighted by atomic mass is 15.0. The van der Waals surface area contributed by atoms with Crippen LogP contribution in [0.3, 0.4) is 0 Å². The molecule has 0 aliphatic heterocycles. The van der Waals surface area contributed by atoms with Crippen LogP contribution in [0.5, 0.6) is 0 Å². The van der Waals surface area contributed by atoms with Gasteiger partial charge in [-0.1, -0.05) is 58.8 Å². The molecule has 0 saturated heterocycles. The van der Waals surface area contributed by atoms with Crippen molar-refractivity contribution in [2.45, 2.75) is 78.2 Å². The predicted octanol–water partition coefficient (Wildman–Crippen LogP) is 4.58. The average molecular weight is 277 g/mol. The first-order chi connectivity index (χ1) is 9.77. The fourth-order valence-corrected chi connectivity index (χ4v) is 2.46. The molecule has 0 fully saturated rings. The first kappa shape index (κ1) is 17.1. The van der Waals surface area contributed by atoms with E-state index in [1.807, 2.05) is 19.3 Å². The third-order valence-corrected chi connectivity index (χ3v) is 3.66. The van der Waals surface area contributed by atoms with Gasteiger partial charge < -0.3 is 5.32 Å². The zero-order valence-corrected chi connectivity index (χ0v) is 13.5. The van der Waals surface area contributed by atoms with Gasteiger partial charge in [-0.25, -0.2) is 9.97 Å². The zero-order chi connectivity index (χ0) is 14.6. The molecule has 3 heteroatoms. The number of nitrogens with zero attached hydrogens (tertiary/aromatic N) is 2. The molecule has 0 aliphatic carbocycles. The maximum absolute atomic E-state index is 4.46. The molecule has 1 aromatic rings. The maximum atomic E-state index is 4.46. The van der Waals surface area contributed by atoms with E-state index in [0.29, 0.717) is 6.04 Å². The van der Waals surface area contributed by atoms with E-state index in [2.05, 4.69) is 29.1 Å². The van der Waals surface area contributed by atoms with Crippen molar-refractivity contribution in [1.82, 2.24) is 15.3 Å². The number of unbranched alkanes of at least 4 members (excludes halogenated alkanes) is 6. The van der Waals surface area contributed by atoms with Gasteiger partial charge in [-0.15, -0.1) is 0 Å². The van der Waals surface area contributed by atoms with Crippen molar-refractivity contribution in [3.63, 3.8) is 0 Å². The summed E-state index contributed by atoms with van der Waals surface area (Å²) in [6.45, 7) is 7.41. The smallest absolute Gasteiger partial charge is 0.145 e. The molecule has 20 heavy (non-hydrogen) atoms. The second kappa shape index (κ2) is 10.8. The predicted molar refractivity (Wildman–Crippen MR) is 85.8 cm³/mol. The molecule has 0 saturated carbocycles. The van der Waals surface area contributed by atoms with Gasteiger partial charge in [0.1, 0.15) is 5.82 Å². The van der Waals surface area contributed by atoms with Gasteiger partial charge in [-0.3, -0.25) is 0 Å². The van der Waals surface area contributed by atoms with Crippen molar-refractivity contribution in [3.05, 3.63) is 23.8 Å². The van der Waals surface area contributed by atoms with Crippen LogP contribution in [0.4, 0.5) is 0 Å². The molecule has 1 atom stereocenters. The van der Waals surface area contributed by atoms with Crippen molar-refractivity contribution in [2.75, 3.05) is 6.54 Å². The summed E-state index contributed by atoms with van der Waals surface area (Å²) in [7, 11) is 0. The van der Waals surface area contributed by atoms with Crippen LogP contribution >= 0.6 is 0 Å². The van der Waals surface area contributed by atoms with Crippen LogP contribution in [0.15, 0.2) is 12.4 Å². The highest BCUT2D eigenvalue weighted by molar-refractivity contribution is 5.04. The first-order valence-electron chi connectivity index (χ1n) is 8.29. The lowest BCUT2D eigenvalue weighted by molar-refractivity contribution is 0.457. The molecule has 3 nitrogen and oxygen atoms in total. The van der Waals surface area contributed by atoms with Crippen LogP contribution in [-0.4, -0.2) is 16.5 Å². The Morgan fingerprint density at radius 2 is 1.55 bits per heavy atom. The second-order valence-electron chi connectivity index (χ2n) is 5.64. The first-order valence-corrected chi connectivity index (χ1v) is 8.29. The molecule has 0 radical (unpaired) electrons. The Labute approximate surface area is 124 Å². The second-order valence-corrected chi connectivity index (χ2v) is 5.64. The number of rotatable bonds is 11. The van der Waals surface area contributed by atoms with Gasteiger partial charge in [0.2, 0.25) is 0 Å². The Kier molecular flexibility index (Phi) is 9.22. The Bertz CT molecular complexity index is 335. The average Bonchev–Trinajstić information content (AvgIpc) is 2.46. The van der Waals surface area contributed by atoms with Crippen molar-refractivity contribution in [2.24, 2.45) is 0 Å². The van der Waals surface area contributed by atoms with Gasteiger partial charge >= 0.3 is 0 Å². The molecule has 1 N–H and O–H groups in total. The van der Waals surface area contributed by atoms with Gasteiger partial charge in [-0.05, 0) is 25.5 Å². The molecule has 1 aromatic heterocycles. The summed E-state index contributed by atoms with van der Waals surface area (Å²) in [6, 6.07) is 0.316. The zero-order valence-electron chi connectivity index (χ0n) is 13.5. The summed E-state index contributed by atoms with van der Waals surface area (Å²) in [5, 5.41) is 3.50. The number of hydrogen-bond donors (Lipinski definition) is 1. The SMILES string of the molecule is CCCCCCCCCC(NCC)c1ncc(C)cn1. The highest BCUT2D eigenvalue weighted by Gasteiger charge is 2.12. The fraction of sp³-hybridized carbons (Fsp3) is 0.765. The third kappa shape index (κ3) is 6.99. The van der Waals surface area contributed by atoms with Crippen molar-refractivity contribution in [3.8, 4) is 0 Å². The fourth-order valence-electron chi connectivity index (χ4n) is 2.46. The van der Waals surface area contributed by atoms with Crippen molar-refractivity contribution < 1.29 is 0 Å². The molecule has 114 valence electrons. The van der Waals surface area contributed by atoms with Crippen LogP contribution in [-0.2, 0) is 0 Å². The Balaban J connectivity index is 2.27. The molecule has 1 heterocycles. The van der Waals surface area contributed by atoms with Crippen LogP contribution in [0.1, 0.15) is 82.6 Å². The minimum Gasteiger partial charge on any atom is -0.308 e. The van der Waals surface area contributed by atoms with E-state index in [1.165, 1.54) is 44.9 Å². The van der Waals surface area contributed by atoms with E-state index < -0.39 is 0 Å². The molecular weight excluding hydrogens is 246 g/mol. The molecule has 1 unspecified atom stereocenters. The molecule has 0 aliphatic rings. The van der Waals surface area contributed by atoms with E-state index >= 15 is 0 Å². The third-order valence-electron chi connectivity index (χ3n) is 3.66. The number of hydrogen-bond acceptors (Lipinski definition) is 3. The van der Waals surface area contributed by atoms with Crippen LogP contribution in [0.2, 0.25) is 0 Å². The van der Waals surface area contributed by atoms with Crippen LogP contribution < -0.4 is 5.32 Å². The minimum absolute atomic E-state index is 0.316. The van der Waals surface area contributed by atoms with Crippen molar-refractivity contribution >= 4 is 0 Å². The highest BCUT2D eigenvalue weighted by Crippen LogP contribution is 2.17. The largest absolute Gasteiger partial charge is 0.308 e. The quantitative estimate of drug-likeness (QED) is 0.602. The summed E-state index contributed by atoms with van der Waals surface area (Å²) in [4.78, 5) is 8.93. The van der Waals surface area contributed by atoms with E-state index in [0.717, 1.165) is 24.4 Å². The summed E-state index contributed by atoms with van der Waals surface area (Å²) in [5.41, 5.74) is 1.12. The normalized spacial score (nSPS) is 12.6. The lowest BCUT2D eigenvalue weighted by atomic mass is 10.0. The number of nitrogens with one attached hydrogen (secondary N) is 1. The Morgan fingerprint density at radius 1 is 0.950 bits per heavy atom. The monoisotopic (exact) mass is 277 g/mol. The minimum atomic E-state index is 0.316. The lowest BCUT2D eigenvalue weighted by Crippen LogP contribution is -2.23. The van der Waals surface area contributed by atoms with Crippen LogP contribution in [0, 0.1) is 6.92 Å². The Morgan fingerprint density at radius 3 is 2.15 bits per heavy atom. The maximum Gasteiger partial charge on any atom is 0.145 e. The molecule has 0 spiro atoms. The van der Waals surface area contributed by atoms with Gasteiger partial charge in [0.15, 0.2) is 0 Å². The molecule has 1 rings (SSSR count). The van der Waals surface area contributed by atoms with E-state index in [1.54, 1.807) is 0 Å². The van der Waals surface area contributed by atoms with Gasteiger partial charge in [0, 0.05) is 12.4 Å². The van der Waals surface area contributed by atoms with E-state index in [9.17, 15) is 0 Å². The summed E-state index contributed by atoms with van der Waals surface area (Å²) in [6.07, 6.45) is 14.4. The molecule has 0 amide bonds. The molecule has 0 aromatic carbocycles. The topological polar surface area (TPSA) is 37.8 Å². The number of aromatic nitrogens is 2. The van der Waals surface area contributed by atoms with Gasteiger partial charge in [0.05, 0.1) is 6.04 Å². The summed E-state index contributed by atoms with van der Waals surface area (Å²) >= 11 is 0. The molecule has 0 bridgehead atoms. The summed E-state index contributed by atoms with van der Waals surface area (Å²) in [5.74, 6) is 0.948. The van der Waals surface area contributed by atoms with E-state index in [4.69, 9.17) is 0 Å². The van der Waals surface area contributed by atoms with Crippen molar-refractivity contribution in [1.29, 1.82) is 0 Å². The van der Waals surface area contributed by atoms with Gasteiger partial charge in [0.25, 0.3) is 0 Å². The van der Waals surface area contributed by atoms with Crippen LogP contribution in [0.25, 0.3) is 0 Å². The molecular formula is C17H31N3. The van der Waals surface area contributed by atoms with Gasteiger partial charge in [-0.2, -0.15) is 0 Å². The lowest BCUT2D eigenvalue weighted by Gasteiger charge is -2.16. The summed E-state index contributed by atoms with van der Waals surface area (Å²) < 4.78 is 0. The standard InChI is InChI=1S/C17H31N3/c1-4-6-7-8-9-10-11-12-16(18-5-2)17-19-13-15(3)14-20-17/h13-14,16,18H,4-12H2,1-3H3.